The first kappa shape index (κ1) is 20.2. The zero-order chi connectivity index (χ0) is 18.6. The van der Waals surface area contributed by atoms with E-state index in [1.54, 1.807) is 0 Å². The zero-order valence-corrected chi connectivity index (χ0v) is 15.8. The molecule has 2 heterocycles. The van der Waals surface area contributed by atoms with Crippen LogP contribution >= 0.6 is 15.9 Å². The van der Waals surface area contributed by atoms with E-state index >= 15 is 0 Å². The Morgan fingerprint density at radius 2 is 2.04 bits per heavy atom. The summed E-state index contributed by atoms with van der Waals surface area (Å²) in [6, 6.07) is -0.0400. The molecule has 0 radical (unpaired) electrons. The van der Waals surface area contributed by atoms with Crippen LogP contribution in [0.4, 0.5) is 13.2 Å². The number of nitrogens with zero attached hydrogens (tertiary/aromatic N) is 3. The highest BCUT2D eigenvalue weighted by Gasteiger charge is 2.37. The van der Waals surface area contributed by atoms with Crippen LogP contribution in [0.25, 0.3) is 0 Å². The van der Waals surface area contributed by atoms with E-state index in [-0.39, 0.29) is 29.4 Å². The predicted molar refractivity (Wildman–Crippen MR) is 89.1 cm³/mol. The Bertz CT molecular complexity index is 600. The fourth-order valence-electron chi connectivity index (χ4n) is 2.69. The molecule has 0 saturated carbocycles. The number of rotatable bonds is 6. The van der Waals surface area contributed by atoms with E-state index in [1.807, 2.05) is 6.92 Å². The van der Waals surface area contributed by atoms with Crippen molar-refractivity contribution in [1.82, 2.24) is 20.0 Å². The van der Waals surface area contributed by atoms with E-state index in [9.17, 15) is 18.0 Å². The van der Waals surface area contributed by atoms with Gasteiger partial charge in [0.15, 0.2) is 5.69 Å². The molecule has 1 aromatic rings. The van der Waals surface area contributed by atoms with Gasteiger partial charge in [0.05, 0.1) is 29.9 Å². The summed E-state index contributed by atoms with van der Waals surface area (Å²) in [6.45, 7) is 7.31. The molecular weight excluding hydrogens is 405 g/mol. The van der Waals surface area contributed by atoms with Crippen molar-refractivity contribution in [3.05, 3.63) is 15.9 Å². The maximum Gasteiger partial charge on any atom is 0.436 e. The van der Waals surface area contributed by atoms with Crippen LogP contribution < -0.4 is 5.32 Å². The van der Waals surface area contributed by atoms with Crippen molar-refractivity contribution in [3.8, 4) is 0 Å². The standard InChI is InChI=1S/C15H22BrF3N4O2/c1-10(9-22-5-7-25-8-6-22)20-12(24)3-4-23-11(2)13(16)14(21-23)15(17,18)19/h10H,3-9H2,1-2H3,(H,20,24). The van der Waals surface area contributed by atoms with Gasteiger partial charge in [0.1, 0.15) is 0 Å². The lowest BCUT2D eigenvalue weighted by molar-refractivity contribution is -0.142. The zero-order valence-electron chi connectivity index (χ0n) is 14.2. The minimum atomic E-state index is -4.52. The molecule has 10 heteroatoms. The van der Waals surface area contributed by atoms with E-state index in [2.05, 4.69) is 31.2 Å². The topological polar surface area (TPSA) is 59.4 Å². The number of halogens is 4. The van der Waals surface area contributed by atoms with Crippen molar-refractivity contribution in [3.63, 3.8) is 0 Å². The number of aromatic nitrogens is 2. The molecule has 1 saturated heterocycles. The largest absolute Gasteiger partial charge is 0.436 e. The molecule has 0 aromatic carbocycles. The lowest BCUT2D eigenvalue weighted by atomic mass is 10.2. The molecule has 6 nitrogen and oxygen atoms in total. The molecule has 0 bridgehead atoms. The number of alkyl halides is 3. The third kappa shape index (κ3) is 5.68. The summed E-state index contributed by atoms with van der Waals surface area (Å²) in [5, 5.41) is 6.44. The lowest BCUT2D eigenvalue weighted by Gasteiger charge is -2.29. The summed E-state index contributed by atoms with van der Waals surface area (Å²) >= 11 is 2.92. The molecule has 142 valence electrons. The lowest BCUT2D eigenvalue weighted by Crippen LogP contribution is -2.46. The maximum absolute atomic E-state index is 12.8. The van der Waals surface area contributed by atoms with Crippen molar-refractivity contribution in [1.29, 1.82) is 0 Å². The van der Waals surface area contributed by atoms with E-state index in [0.29, 0.717) is 18.9 Å². The summed E-state index contributed by atoms with van der Waals surface area (Å²) in [7, 11) is 0. The van der Waals surface area contributed by atoms with Crippen LogP contribution in [0.5, 0.6) is 0 Å². The van der Waals surface area contributed by atoms with Gasteiger partial charge >= 0.3 is 6.18 Å². The smallest absolute Gasteiger partial charge is 0.379 e. The number of morpholine rings is 1. The first-order chi connectivity index (χ1) is 11.7. The molecule has 25 heavy (non-hydrogen) atoms. The van der Waals surface area contributed by atoms with Gasteiger partial charge in [-0.05, 0) is 29.8 Å². The number of ether oxygens (including phenoxy) is 1. The number of aryl methyl sites for hydroxylation is 1. The minimum Gasteiger partial charge on any atom is -0.379 e. The van der Waals surface area contributed by atoms with Crippen molar-refractivity contribution in [2.24, 2.45) is 0 Å². The number of hydrogen-bond donors (Lipinski definition) is 1. The van der Waals surface area contributed by atoms with Gasteiger partial charge in [0, 0.05) is 32.1 Å². The molecule has 1 aliphatic heterocycles. The van der Waals surface area contributed by atoms with Gasteiger partial charge in [-0.2, -0.15) is 18.3 Å². The highest BCUT2D eigenvalue weighted by molar-refractivity contribution is 9.10. The molecule has 2 rings (SSSR count). The Balaban J connectivity index is 1.83. The van der Waals surface area contributed by atoms with Gasteiger partial charge < -0.3 is 10.1 Å². The molecule has 1 unspecified atom stereocenters. The van der Waals surface area contributed by atoms with E-state index in [0.717, 1.165) is 19.6 Å². The number of carbonyl (C=O) groups is 1. The summed E-state index contributed by atoms with van der Waals surface area (Å²) in [6.07, 6.45) is -4.45. The first-order valence-electron chi connectivity index (χ1n) is 8.08. The molecule has 1 N–H and O–H groups in total. The van der Waals surface area contributed by atoms with Crippen LogP contribution in [-0.4, -0.2) is 59.5 Å². The molecule has 1 fully saturated rings. The Morgan fingerprint density at radius 3 is 2.60 bits per heavy atom. The molecule has 0 aliphatic carbocycles. The van der Waals surface area contributed by atoms with Crippen LogP contribution in [0.15, 0.2) is 4.47 Å². The molecule has 1 amide bonds. The second-order valence-electron chi connectivity index (χ2n) is 6.10. The van der Waals surface area contributed by atoms with Crippen LogP contribution in [0.1, 0.15) is 24.7 Å². The number of carbonyl (C=O) groups excluding carboxylic acids is 1. The second-order valence-corrected chi connectivity index (χ2v) is 6.89. The molecule has 1 aromatic heterocycles. The van der Waals surface area contributed by atoms with E-state index < -0.39 is 11.9 Å². The average molecular weight is 427 g/mol. The van der Waals surface area contributed by atoms with Crippen molar-refractivity contribution < 1.29 is 22.7 Å². The Hall–Kier alpha value is -1.13. The predicted octanol–water partition coefficient (Wildman–Crippen LogP) is 2.20. The number of nitrogens with one attached hydrogen (secondary N) is 1. The van der Waals surface area contributed by atoms with Crippen LogP contribution in [0.3, 0.4) is 0 Å². The van der Waals surface area contributed by atoms with Gasteiger partial charge in [-0.3, -0.25) is 14.4 Å². The Kier molecular flexibility index (Phi) is 6.86. The van der Waals surface area contributed by atoms with Gasteiger partial charge in [-0.1, -0.05) is 0 Å². The first-order valence-corrected chi connectivity index (χ1v) is 8.87. The van der Waals surface area contributed by atoms with Crippen molar-refractivity contribution in [2.45, 2.75) is 39.0 Å². The third-order valence-corrected chi connectivity index (χ3v) is 4.95. The Labute approximate surface area is 152 Å². The normalized spacial score (nSPS) is 17.5. The van der Waals surface area contributed by atoms with Crippen LogP contribution in [-0.2, 0) is 22.3 Å². The van der Waals surface area contributed by atoms with Crippen molar-refractivity contribution in [2.75, 3.05) is 32.8 Å². The van der Waals surface area contributed by atoms with Gasteiger partial charge in [0.2, 0.25) is 5.91 Å². The number of hydrogen-bond acceptors (Lipinski definition) is 4. The summed E-state index contributed by atoms with van der Waals surface area (Å²) in [4.78, 5) is 14.2. The van der Waals surface area contributed by atoms with Crippen LogP contribution in [0, 0.1) is 6.92 Å². The molecule has 1 atom stereocenters. The van der Waals surface area contributed by atoms with E-state index in [4.69, 9.17) is 4.74 Å². The molecule has 0 spiro atoms. The van der Waals surface area contributed by atoms with Crippen LogP contribution in [0.2, 0.25) is 0 Å². The minimum absolute atomic E-state index is 0.0400. The number of amides is 1. The quantitative estimate of drug-likeness (QED) is 0.757. The van der Waals surface area contributed by atoms with Gasteiger partial charge in [-0.15, -0.1) is 0 Å². The van der Waals surface area contributed by atoms with Gasteiger partial charge in [0.25, 0.3) is 0 Å². The Morgan fingerprint density at radius 1 is 1.40 bits per heavy atom. The molecule has 1 aliphatic rings. The molecular formula is C15H22BrF3N4O2. The maximum atomic E-state index is 12.8. The summed E-state index contributed by atoms with van der Waals surface area (Å²) in [5.74, 6) is -0.208. The van der Waals surface area contributed by atoms with E-state index in [1.165, 1.54) is 11.6 Å². The SMILES string of the molecule is Cc1c(Br)c(C(F)(F)F)nn1CCC(=O)NC(C)CN1CCOCC1. The summed E-state index contributed by atoms with van der Waals surface area (Å²) < 4.78 is 44.9. The highest BCUT2D eigenvalue weighted by Crippen LogP contribution is 2.35. The fraction of sp³-hybridized carbons (Fsp3) is 0.733. The average Bonchev–Trinajstić information content (AvgIpc) is 2.82. The monoisotopic (exact) mass is 426 g/mol. The van der Waals surface area contributed by atoms with Gasteiger partial charge in [-0.25, -0.2) is 0 Å². The highest BCUT2D eigenvalue weighted by atomic mass is 79.9. The summed E-state index contributed by atoms with van der Waals surface area (Å²) in [5.41, 5.74) is -0.618. The third-order valence-electron chi connectivity index (χ3n) is 4.00. The second kappa shape index (κ2) is 8.50. The fourth-order valence-corrected chi connectivity index (χ4v) is 3.20. The van der Waals surface area contributed by atoms with Crippen molar-refractivity contribution >= 4 is 21.8 Å².